The second-order valence-electron chi connectivity index (χ2n) is 5.31. The zero-order valence-electron chi connectivity index (χ0n) is 11.8. The third-order valence-electron chi connectivity index (χ3n) is 3.71. The molecule has 0 bridgehead atoms. The molecule has 0 saturated carbocycles. The fourth-order valence-corrected chi connectivity index (χ4v) is 2.43. The zero-order chi connectivity index (χ0) is 14.7. The van der Waals surface area contributed by atoms with Gasteiger partial charge in [-0.05, 0) is 33.0 Å². The number of piperidine rings is 1. The highest BCUT2D eigenvalue weighted by molar-refractivity contribution is 5.89. The zero-order valence-corrected chi connectivity index (χ0v) is 11.8. The number of benzene rings is 1. The largest absolute Gasteiger partial charge is 0.508 e. The number of rotatable bonds is 2. The molecule has 1 saturated heterocycles. The Labute approximate surface area is 118 Å². The van der Waals surface area contributed by atoms with Crippen LogP contribution in [-0.4, -0.2) is 59.3 Å². The number of nitrogens with one attached hydrogen (secondary N) is 1. The molecule has 0 atom stereocenters. The van der Waals surface area contributed by atoms with Crippen LogP contribution in [-0.2, 0) is 0 Å². The Balaban J connectivity index is 1.97. The van der Waals surface area contributed by atoms with Gasteiger partial charge >= 0.3 is 6.03 Å². The number of phenols is 2. The van der Waals surface area contributed by atoms with E-state index in [0.717, 1.165) is 25.9 Å². The van der Waals surface area contributed by atoms with Crippen LogP contribution in [0.1, 0.15) is 12.8 Å². The van der Waals surface area contributed by atoms with Crippen LogP contribution in [0.5, 0.6) is 11.5 Å². The van der Waals surface area contributed by atoms with Gasteiger partial charge in [-0.1, -0.05) is 0 Å². The van der Waals surface area contributed by atoms with Gasteiger partial charge in [0.05, 0.1) is 0 Å². The minimum atomic E-state index is -0.232. The molecular weight excluding hydrogens is 258 g/mol. The SMILES string of the molecule is CN1CCC(N(C)C(=O)Nc2cc(O)cc(O)c2)CC1. The summed E-state index contributed by atoms with van der Waals surface area (Å²) < 4.78 is 0. The summed E-state index contributed by atoms with van der Waals surface area (Å²) in [5, 5.41) is 21.5. The molecule has 6 heteroatoms. The van der Waals surface area contributed by atoms with Crippen LogP contribution in [0, 0.1) is 0 Å². The second kappa shape index (κ2) is 6.00. The summed E-state index contributed by atoms with van der Waals surface area (Å²) in [6.45, 7) is 1.96. The van der Waals surface area contributed by atoms with Crippen molar-refractivity contribution in [1.29, 1.82) is 0 Å². The molecule has 0 aliphatic carbocycles. The molecule has 1 aliphatic rings. The molecule has 0 radical (unpaired) electrons. The van der Waals surface area contributed by atoms with Crippen LogP contribution in [0.15, 0.2) is 18.2 Å². The molecule has 1 aromatic carbocycles. The standard InChI is InChI=1S/C14H21N3O3/c1-16-5-3-11(4-6-16)17(2)14(20)15-10-7-12(18)9-13(19)8-10/h7-9,11,18-19H,3-6H2,1-2H3,(H,15,20). The van der Waals surface area contributed by atoms with Gasteiger partial charge in [0.15, 0.2) is 0 Å². The van der Waals surface area contributed by atoms with Crippen molar-refractivity contribution in [3.63, 3.8) is 0 Å². The molecule has 20 heavy (non-hydrogen) atoms. The normalized spacial score (nSPS) is 16.9. The Kier molecular flexibility index (Phi) is 4.34. The summed E-state index contributed by atoms with van der Waals surface area (Å²) in [7, 11) is 3.85. The highest BCUT2D eigenvalue weighted by Crippen LogP contribution is 2.24. The molecule has 0 aromatic heterocycles. The van der Waals surface area contributed by atoms with Crippen molar-refractivity contribution in [1.82, 2.24) is 9.80 Å². The molecule has 6 nitrogen and oxygen atoms in total. The number of aromatic hydroxyl groups is 2. The molecular formula is C14H21N3O3. The summed E-state index contributed by atoms with van der Waals surface area (Å²) in [4.78, 5) is 16.1. The van der Waals surface area contributed by atoms with E-state index in [9.17, 15) is 15.0 Å². The van der Waals surface area contributed by atoms with Gasteiger partial charge in [-0.25, -0.2) is 4.79 Å². The molecule has 1 aliphatic heterocycles. The third-order valence-corrected chi connectivity index (χ3v) is 3.71. The molecule has 0 spiro atoms. The smallest absolute Gasteiger partial charge is 0.321 e. The van der Waals surface area contributed by atoms with Crippen molar-refractivity contribution >= 4 is 11.7 Å². The van der Waals surface area contributed by atoms with Crippen LogP contribution >= 0.6 is 0 Å². The lowest BCUT2D eigenvalue weighted by Crippen LogP contribution is -2.46. The van der Waals surface area contributed by atoms with E-state index in [1.165, 1.54) is 18.2 Å². The quantitative estimate of drug-likeness (QED) is 0.769. The minimum Gasteiger partial charge on any atom is -0.508 e. The summed E-state index contributed by atoms with van der Waals surface area (Å²) in [5.74, 6) is -0.163. The number of anilines is 1. The lowest BCUT2D eigenvalue weighted by atomic mass is 10.0. The maximum Gasteiger partial charge on any atom is 0.321 e. The maximum absolute atomic E-state index is 12.2. The molecule has 0 unspecified atom stereocenters. The average Bonchev–Trinajstić information content (AvgIpc) is 2.37. The number of likely N-dealkylation sites (tertiary alicyclic amines) is 1. The average molecular weight is 279 g/mol. The fourth-order valence-electron chi connectivity index (χ4n) is 2.43. The first kappa shape index (κ1) is 14.5. The Hall–Kier alpha value is -1.95. The number of hydrogen-bond acceptors (Lipinski definition) is 4. The van der Waals surface area contributed by atoms with Gasteiger partial charge in [-0.15, -0.1) is 0 Å². The molecule has 110 valence electrons. The Morgan fingerprint density at radius 1 is 1.25 bits per heavy atom. The number of carbonyl (C=O) groups excluding carboxylic acids is 1. The van der Waals surface area contributed by atoms with Crippen LogP contribution < -0.4 is 5.32 Å². The van der Waals surface area contributed by atoms with Gasteiger partial charge in [0.25, 0.3) is 0 Å². The van der Waals surface area contributed by atoms with Gasteiger partial charge in [0, 0.05) is 37.0 Å². The van der Waals surface area contributed by atoms with Crippen LogP contribution in [0.4, 0.5) is 10.5 Å². The Bertz CT molecular complexity index is 464. The fraction of sp³-hybridized carbons (Fsp3) is 0.500. The number of urea groups is 1. The molecule has 1 aromatic rings. The molecule has 1 fully saturated rings. The van der Waals surface area contributed by atoms with Gasteiger partial charge in [-0.3, -0.25) is 0 Å². The van der Waals surface area contributed by atoms with Crippen LogP contribution in [0.3, 0.4) is 0 Å². The van der Waals surface area contributed by atoms with Gasteiger partial charge in [-0.2, -0.15) is 0 Å². The van der Waals surface area contributed by atoms with E-state index >= 15 is 0 Å². The van der Waals surface area contributed by atoms with Crippen molar-refractivity contribution < 1.29 is 15.0 Å². The van der Waals surface area contributed by atoms with E-state index in [1.54, 1.807) is 11.9 Å². The van der Waals surface area contributed by atoms with E-state index < -0.39 is 0 Å². The highest BCUT2D eigenvalue weighted by atomic mass is 16.3. The summed E-state index contributed by atoms with van der Waals surface area (Å²) in [6.07, 6.45) is 1.90. The van der Waals surface area contributed by atoms with Crippen LogP contribution in [0.2, 0.25) is 0 Å². The maximum atomic E-state index is 12.2. The highest BCUT2D eigenvalue weighted by Gasteiger charge is 2.24. The van der Waals surface area contributed by atoms with Gasteiger partial charge in [0.2, 0.25) is 0 Å². The Morgan fingerprint density at radius 3 is 2.35 bits per heavy atom. The molecule has 2 amide bonds. The molecule has 3 N–H and O–H groups in total. The predicted octanol–water partition coefficient (Wildman–Crippen LogP) is 1.66. The van der Waals surface area contributed by atoms with Crippen molar-refractivity contribution in [2.45, 2.75) is 18.9 Å². The number of carbonyl (C=O) groups is 1. The van der Waals surface area contributed by atoms with Gasteiger partial charge < -0.3 is 25.3 Å². The van der Waals surface area contributed by atoms with Crippen molar-refractivity contribution in [3.8, 4) is 11.5 Å². The molecule has 1 heterocycles. The van der Waals surface area contributed by atoms with Crippen molar-refractivity contribution in [3.05, 3.63) is 18.2 Å². The molecule has 2 rings (SSSR count). The summed E-state index contributed by atoms with van der Waals surface area (Å²) >= 11 is 0. The van der Waals surface area contributed by atoms with E-state index in [0.29, 0.717) is 5.69 Å². The minimum absolute atomic E-state index is 0.0813. The lowest BCUT2D eigenvalue weighted by molar-refractivity contribution is 0.156. The Morgan fingerprint density at radius 2 is 1.80 bits per heavy atom. The number of phenolic OH excluding ortho intramolecular Hbond substituents is 2. The van der Waals surface area contributed by atoms with Crippen LogP contribution in [0.25, 0.3) is 0 Å². The van der Waals surface area contributed by atoms with E-state index in [2.05, 4.69) is 17.3 Å². The second-order valence-corrected chi connectivity index (χ2v) is 5.31. The first-order valence-corrected chi connectivity index (χ1v) is 6.71. The third kappa shape index (κ3) is 3.54. The number of nitrogens with zero attached hydrogens (tertiary/aromatic N) is 2. The summed E-state index contributed by atoms with van der Waals surface area (Å²) in [5.41, 5.74) is 0.382. The van der Waals surface area contributed by atoms with Crippen molar-refractivity contribution in [2.24, 2.45) is 0 Å². The summed E-state index contributed by atoms with van der Waals surface area (Å²) in [6, 6.07) is 4.01. The number of amides is 2. The monoisotopic (exact) mass is 279 g/mol. The van der Waals surface area contributed by atoms with E-state index in [-0.39, 0.29) is 23.6 Å². The number of hydrogen-bond donors (Lipinski definition) is 3. The first-order valence-electron chi connectivity index (χ1n) is 6.71. The predicted molar refractivity (Wildman–Crippen MR) is 77.1 cm³/mol. The van der Waals surface area contributed by atoms with E-state index in [1.807, 2.05) is 0 Å². The van der Waals surface area contributed by atoms with Gasteiger partial charge in [0.1, 0.15) is 11.5 Å². The van der Waals surface area contributed by atoms with E-state index in [4.69, 9.17) is 0 Å². The first-order chi connectivity index (χ1) is 9.45. The lowest BCUT2D eigenvalue weighted by Gasteiger charge is -2.35. The topological polar surface area (TPSA) is 76.0 Å². The van der Waals surface area contributed by atoms with Crippen molar-refractivity contribution in [2.75, 3.05) is 32.5 Å².